The number of para-hydroxylation sites is 1. The van der Waals surface area contributed by atoms with Gasteiger partial charge in [-0.05, 0) is 47.4 Å². The quantitative estimate of drug-likeness (QED) is 0.318. The molecular formula is C28H28N2O3S. The number of ether oxygens (including phenoxy) is 2. The maximum atomic E-state index is 12.6. The Labute approximate surface area is 204 Å². The van der Waals surface area contributed by atoms with E-state index in [0.29, 0.717) is 30.2 Å². The van der Waals surface area contributed by atoms with Crippen molar-refractivity contribution in [2.75, 3.05) is 26.5 Å². The van der Waals surface area contributed by atoms with Crippen molar-refractivity contribution in [3.8, 4) is 11.5 Å². The molecule has 5 nitrogen and oxygen atoms in total. The Kier molecular flexibility index (Phi) is 8.04. The summed E-state index contributed by atoms with van der Waals surface area (Å²) < 4.78 is 10.6. The summed E-state index contributed by atoms with van der Waals surface area (Å²) in [6.07, 6.45) is 1.49. The molecule has 0 saturated carbocycles. The van der Waals surface area contributed by atoms with Crippen molar-refractivity contribution < 1.29 is 14.3 Å². The van der Waals surface area contributed by atoms with E-state index in [1.165, 1.54) is 17.3 Å². The molecule has 0 fully saturated rings. The Morgan fingerprint density at radius 1 is 0.882 bits per heavy atom. The van der Waals surface area contributed by atoms with Gasteiger partial charge in [-0.1, -0.05) is 66.4 Å². The van der Waals surface area contributed by atoms with Crippen molar-refractivity contribution in [2.24, 2.45) is 0 Å². The van der Waals surface area contributed by atoms with Gasteiger partial charge >= 0.3 is 0 Å². The molecule has 0 unspecified atom stereocenters. The highest BCUT2D eigenvalue weighted by atomic mass is 32.2. The second-order valence-corrected chi connectivity index (χ2v) is 8.85. The molecule has 0 spiro atoms. The molecule has 0 saturated heterocycles. The van der Waals surface area contributed by atoms with Crippen LogP contribution >= 0.6 is 11.8 Å². The summed E-state index contributed by atoms with van der Waals surface area (Å²) in [6.45, 7) is 0.552. The number of fused-ring (bicyclic) bond motifs is 1. The number of hydrogen-bond acceptors (Lipinski definition) is 5. The van der Waals surface area contributed by atoms with E-state index >= 15 is 0 Å². The molecule has 1 N–H and O–H groups in total. The van der Waals surface area contributed by atoms with Gasteiger partial charge in [-0.2, -0.15) is 0 Å². The van der Waals surface area contributed by atoms with Crippen LogP contribution < -0.4 is 14.8 Å². The van der Waals surface area contributed by atoms with E-state index < -0.39 is 0 Å². The number of hydrogen-bond donors (Lipinski definition) is 1. The van der Waals surface area contributed by atoms with E-state index in [4.69, 9.17) is 14.5 Å². The first-order valence-corrected chi connectivity index (χ1v) is 12.2. The monoisotopic (exact) mass is 472 g/mol. The summed E-state index contributed by atoms with van der Waals surface area (Å²) in [5.74, 6) is 1.70. The van der Waals surface area contributed by atoms with E-state index in [9.17, 15) is 4.79 Å². The molecule has 1 amide bonds. The standard InChI is InChI=1S/C28H28N2O3S/c1-32-25-13-12-21(17-26(25)33-2)14-15-29-27(31)19-34-28-23(16-20-8-4-3-5-9-20)18-22-10-6-7-11-24(22)30-28/h3-13,17-18H,14-16,19H2,1-2H3,(H,29,31). The SMILES string of the molecule is COc1ccc(CCNC(=O)CSc2nc3ccccc3cc2Cc2ccccc2)cc1OC. The first kappa shape index (κ1) is 23.6. The third-order valence-electron chi connectivity index (χ3n) is 5.52. The van der Waals surface area contributed by atoms with Crippen LogP contribution in [0.1, 0.15) is 16.7 Å². The van der Waals surface area contributed by atoms with Crippen LogP contribution in [0.2, 0.25) is 0 Å². The Balaban J connectivity index is 1.38. The first-order chi connectivity index (χ1) is 16.7. The van der Waals surface area contributed by atoms with Gasteiger partial charge in [0.1, 0.15) is 5.03 Å². The number of pyridine rings is 1. The number of carbonyl (C=O) groups is 1. The van der Waals surface area contributed by atoms with Gasteiger partial charge in [0.15, 0.2) is 11.5 Å². The molecule has 0 aliphatic rings. The fourth-order valence-electron chi connectivity index (χ4n) is 3.78. The molecule has 0 aliphatic heterocycles. The summed E-state index contributed by atoms with van der Waals surface area (Å²) in [5, 5.41) is 5.02. The van der Waals surface area contributed by atoms with Gasteiger partial charge in [-0.15, -0.1) is 0 Å². The van der Waals surface area contributed by atoms with Crippen LogP contribution in [0.3, 0.4) is 0 Å². The van der Waals surface area contributed by atoms with Gasteiger partial charge in [0.25, 0.3) is 0 Å². The lowest BCUT2D eigenvalue weighted by Gasteiger charge is -2.12. The fourth-order valence-corrected chi connectivity index (χ4v) is 4.63. The van der Waals surface area contributed by atoms with Crippen LogP contribution in [-0.2, 0) is 17.6 Å². The van der Waals surface area contributed by atoms with Crippen LogP contribution in [0.5, 0.6) is 11.5 Å². The zero-order chi connectivity index (χ0) is 23.8. The zero-order valence-corrected chi connectivity index (χ0v) is 20.2. The summed E-state index contributed by atoms with van der Waals surface area (Å²) >= 11 is 1.49. The molecule has 0 atom stereocenters. The summed E-state index contributed by atoms with van der Waals surface area (Å²) in [7, 11) is 3.23. The zero-order valence-electron chi connectivity index (χ0n) is 19.4. The van der Waals surface area contributed by atoms with Gasteiger partial charge < -0.3 is 14.8 Å². The highest BCUT2D eigenvalue weighted by Gasteiger charge is 2.12. The second kappa shape index (κ2) is 11.6. The number of aromatic nitrogens is 1. The molecule has 174 valence electrons. The number of carbonyl (C=O) groups excluding carboxylic acids is 1. The van der Waals surface area contributed by atoms with Gasteiger partial charge in [0.05, 0.1) is 25.5 Å². The predicted octanol–water partition coefficient (Wildman–Crippen LogP) is 5.29. The van der Waals surface area contributed by atoms with E-state index in [-0.39, 0.29) is 5.91 Å². The minimum Gasteiger partial charge on any atom is -0.493 e. The number of benzene rings is 3. The highest BCUT2D eigenvalue weighted by molar-refractivity contribution is 7.99. The molecule has 0 radical (unpaired) electrons. The molecular weight excluding hydrogens is 444 g/mol. The van der Waals surface area contributed by atoms with Crippen molar-refractivity contribution in [2.45, 2.75) is 17.9 Å². The lowest BCUT2D eigenvalue weighted by atomic mass is 10.0. The van der Waals surface area contributed by atoms with Crippen LogP contribution in [0.4, 0.5) is 0 Å². The molecule has 6 heteroatoms. The topological polar surface area (TPSA) is 60.5 Å². The lowest BCUT2D eigenvalue weighted by molar-refractivity contribution is -0.118. The summed E-state index contributed by atoms with van der Waals surface area (Å²) in [4.78, 5) is 17.4. The minimum atomic E-state index is -0.00824. The summed E-state index contributed by atoms with van der Waals surface area (Å²) in [6, 6.07) is 26.4. The smallest absolute Gasteiger partial charge is 0.230 e. The van der Waals surface area contributed by atoms with Crippen molar-refractivity contribution in [1.29, 1.82) is 0 Å². The molecule has 1 heterocycles. The second-order valence-electron chi connectivity index (χ2n) is 7.89. The molecule has 4 aromatic rings. The number of amides is 1. The molecule has 4 rings (SSSR count). The molecule has 1 aromatic heterocycles. The van der Waals surface area contributed by atoms with E-state index in [1.54, 1.807) is 14.2 Å². The number of methoxy groups -OCH3 is 2. The van der Waals surface area contributed by atoms with Crippen molar-refractivity contribution in [3.05, 3.63) is 95.6 Å². The third-order valence-corrected chi connectivity index (χ3v) is 6.56. The Bertz CT molecular complexity index is 1260. The largest absolute Gasteiger partial charge is 0.493 e. The molecule has 34 heavy (non-hydrogen) atoms. The number of nitrogens with zero attached hydrogens (tertiary/aromatic N) is 1. The highest BCUT2D eigenvalue weighted by Crippen LogP contribution is 2.28. The average molecular weight is 473 g/mol. The number of nitrogens with one attached hydrogen (secondary N) is 1. The molecule has 3 aromatic carbocycles. The van der Waals surface area contributed by atoms with Crippen molar-refractivity contribution >= 4 is 28.6 Å². The van der Waals surface area contributed by atoms with Gasteiger partial charge in [0.2, 0.25) is 5.91 Å². The summed E-state index contributed by atoms with van der Waals surface area (Å²) in [5.41, 5.74) is 4.37. The molecule has 0 bridgehead atoms. The van der Waals surface area contributed by atoms with Crippen molar-refractivity contribution in [3.63, 3.8) is 0 Å². The van der Waals surface area contributed by atoms with Gasteiger partial charge in [0, 0.05) is 18.4 Å². The number of rotatable bonds is 10. The van der Waals surface area contributed by atoms with Gasteiger partial charge in [-0.25, -0.2) is 4.98 Å². The normalized spacial score (nSPS) is 10.8. The molecule has 0 aliphatic carbocycles. The van der Waals surface area contributed by atoms with E-state index in [0.717, 1.165) is 33.5 Å². The Hall–Kier alpha value is -3.51. The van der Waals surface area contributed by atoms with Crippen LogP contribution in [0, 0.1) is 0 Å². The Morgan fingerprint density at radius 2 is 1.65 bits per heavy atom. The Morgan fingerprint density at radius 3 is 2.44 bits per heavy atom. The maximum absolute atomic E-state index is 12.6. The van der Waals surface area contributed by atoms with E-state index in [2.05, 4.69) is 29.6 Å². The predicted molar refractivity (Wildman–Crippen MR) is 138 cm³/mol. The van der Waals surface area contributed by atoms with Crippen molar-refractivity contribution in [1.82, 2.24) is 10.3 Å². The van der Waals surface area contributed by atoms with Gasteiger partial charge in [-0.3, -0.25) is 4.79 Å². The fraction of sp³-hybridized carbons (Fsp3) is 0.214. The average Bonchev–Trinajstić information content (AvgIpc) is 2.88. The maximum Gasteiger partial charge on any atom is 0.230 e. The van der Waals surface area contributed by atoms with E-state index in [1.807, 2.05) is 54.6 Å². The lowest BCUT2D eigenvalue weighted by Crippen LogP contribution is -2.27. The van der Waals surface area contributed by atoms with Crippen LogP contribution in [0.15, 0.2) is 83.9 Å². The number of thioether (sulfide) groups is 1. The van der Waals surface area contributed by atoms with Crippen LogP contribution in [-0.4, -0.2) is 37.4 Å². The third kappa shape index (κ3) is 6.08. The minimum absolute atomic E-state index is 0.00824. The van der Waals surface area contributed by atoms with Crippen LogP contribution in [0.25, 0.3) is 10.9 Å². The first-order valence-electron chi connectivity index (χ1n) is 11.2.